The van der Waals surface area contributed by atoms with Crippen LogP contribution in [0.5, 0.6) is 5.75 Å². The SMILES string of the molecule is CCNCc1coc(CN2CCOc3ccccc3C2)c1. The molecule has 0 unspecified atom stereocenters. The molecular formula is C17H22N2O2. The number of hydrogen-bond acceptors (Lipinski definition) is 4. The maximum absolute atomic E-state index is 5.79. The molecule has 4 nitrogen and oxygen atoms in total. The predicted octanol–water partition coefficient (Wildman–Crippen LogP) is 2.78. The molecule has 0 bridgehead atoms. The summed E-state index contributed by atoms with van der Waals surface area (Å²) in [5, 5.41) is 3.31. The highest BCUT2D eigenvalue weighted by Crippen LogP contribution is 2.23. The average Bonchev–Trinajstić information content (AvgIpc) is 2.83. The second-order valence-electron chi connectivity index (χ2n) is 5.37. The van der Waals surface area contributed by atoms with Gasteiger partial charge in [0.15, 0.2) is 0 Å². The summed E-state index contributed by atoms with van der Waals surface area (Å²) in [6.07, 6.45) is 1.85. The fraction of sp³-hybridized carbons (Fsp3) is 0.412. The van der Waals surface area contributed by atoms with Gasteiger partial charge in [0.05, 0.1) is 12.8 Å². The monoisotopic (exact) mass is 286 g/mol. The summed E-state index contributed by atoms with van der Waals surface area (Å²) in [6, 6.07) is 10.4. The van der Waals surface area contributed by atoms with Crippen molar-refractivity contribution in [3.63, 3.8) is 0 Å². The summed E-state index contributed by atoms with van der Waals surface area (Å²) in [7, 11) is 0. The molecule has 1 N–H and O–H groups in total. The van der Waals surface area contributed by atoms with E-state index in [1.807, 2.05) is 18.4 Å². The Balaban J connectivity index is 1.64. The van der Waals surface area contributed by atoms with E-state index in [1.165, 1.54) is 11.1 Å². The van der Waals surface area contributed by atoms with Crippen LogP contribution in [0.25, 0.3) is 0 Å². The van der Waals surface area contributed by atoms with Crippen molar-refractivity contribution in [3.05, 3.63) is 53.5 Å². The van der Waals surface area contributed by atoms with Crippen molar-refractivity contribution in [2.24, 2.45) is 0 Å². The molecule has 112 valence electrons. The van der Waals surface area contributed by atoms with E-state index in [2.05, 4.69) is 35.3 Å². The Morgan fingerprint density at radius 2 is 2.19 bits per heavy atom. The van der Waals surface area contributed by atoms with Crippen LogP contribution in [-0.2, 0) is 19.6 Å². The molecule has 3 rings (SSSR count). The minimum Gasteiger partial charge on any atom is -0.492 e. The highest BCUT2D eigenvalue weighted by atomic mass is 16.5. The predicted molar refractivity (Wildman–Crippen MR) is 82.1 cm³/mol. The van der Waals surface area contributed by atoms with Gasteiger partial charge in [-0.2, -0.15) is 0 Å². The fourth-order valence-electron chi connectivity index (χ4n) is 2.61. The van der Waals surface area contributed by atoms with Crippen LogP contribution < -0.4 is 10.1 Å². The third-order valence-electron chi connectivity index (χ3n) is 3.70. The molecule has 0 atom stereocenters. The van der Waals surface area contributed by atoms with Crippen LogP contribution in [0, 0.1) is 0 Å². The standard InChI is InChI=1S/C17H22N2O2/c1-2-18-10-14-9-16(21-13-14)12-19-7-8-20-17-6-4-3-5-15(17)11-19/h3-6,9,13,18H,2,7-8,10-12H2,1H3. The van der Waals surface area contributed by atoms with Gasteiger partial charge in [0.25, 0.3) is 0 Å². The molecule has 2 heterocycles. The highest BCUT2D eigenvalue weighted by Gasteiger charge is 2.16. The number of benzene rings is 1. The third kappa shape index (κ3) is 3.65. The van der Waals surface area contributed by atoms with Gasteiger partial charge < -0.3 is 14.5 Å². The largest absolute Gasteiger partial charge is 0.492 e. The molecule has 4 heteroatoms. The summed E-state index contributed by atoms with van der Waals surface area (Å²) in [5.74, 6) is 2.02. The number of fused-ring (bicyclic) bond motifs is 1. The van der Waals surface area contributed by atoms with Gasteiger partial charge in [-0.15, -0.1) is 0 Å². The summed E-state index contributed by atoms with van der Waals surface area (Å²) >= 11 is 0. The molecule has 0 aliphatic carbocycles. The molecule has 21 heavy (non-hydrogen) atoms. The molecule has 0 amide bonds. The lowest BCUT2D eigenvalue weighted by Gasteiger charge is -2.17. The first-order valence-electron chi connectivity index (χ1n) is 7.55. The van der Waals surface area contributed by atoms with Crippen molar-refractivity contribution in [1.82, 2.24) is 10.2 Å². The Labute approximate surface area is 125 Å². The van der Waals surface area contributed by atoms with E-state index in [0.717, 1.165) is 50.8 Å². The summed E-state index contributed by atoms with van der Waals surface area (Å²) in [6.45, 7) is 7.31. The van der Waals surface area contributed by atoms with Crippen LogP contribution in [0.1, 0.15) is 23.8 Å². The number of hydrogen-bond donors (Lipinski definition) is 1. The third-order valence-corrected chi connectivity index (χ3v) is 3.70. The van der Waals surface area contributed by atoms with E-state index in [9.17, 15) is 0 Å². The van der Waals surface area contributed by atoms with Crippen molar-refractivity contribution in [1.29, 1.82) is 0 Å². The van der Waals surface area contributed by atoms with Crippen molar-refractivity contribution in [3.8, 4) is 5.75 Å². The molecule has 1 aromatic carbocycles. The first-order chi connectivity index (χ1) is 10.3. The second-order valence-corrected chi connectivity index (χ2v) is 5.37. The quantitative estimate of drug-likeness (QED) is 0.917. The fourth-order valence-corrected chi connectivity index (χ4v) is 2.61. The number of nitrogens with one attached hydrogen (secondary N) is 1. The van der Waals surface area contributed by atoms with Crippen molar-refractivity contribution >= 4 is 0 Å². The molecule has 2 aromatic rings. The Kier molecular flexibility index (Phi) is 4.58. The Morgan fingerprint density at radius 1 is 1.29 bits per heavy atom. The molecule has 1 aromatic heterocycles. The van der Waals surface area contributed by atoms with Gasteiger partial charge >= 0.3 is 0 Å². The van der Waals surface area contributed by atoms with Gasteiger partial charge in [-0.3, -0.25) is 4.90 Å². The number of furan rings is 1. The van der Waals surface area contributed by atoms with Gasteiger partial charge in [-0.05, 0) is 18.7 Å². The van der Waals surface area contributed by atoms with Gasteiger partial charge in [-0.25, -0.2) is 0 Å². The van der Waals surface area contributed by atoms with Crippen LogP contribution in [0.3, 0.4) is 0 Å². The van der Waals surface area contributed by atoms with Crippen molar-refractivity contribution in [2.45, 2.75) is 26.6 Å². The number of ether oxygens (including phenoxy) is 1. The zero-order valence-electron chi connectivity index (χ0n) is 12.5. The van der Waals surface area contributed by atoms with Crippen molar-refractivity contribution < 1.29 is 9.15 Å². The van der Waals surface area contributed by atoms with Crippen LogP contribution in [-0.4, -0.2) is 24.6 Å². The zero-order chi connectivity index (χ0) is 14.5. The van der Waals surface area contributed by atoms with E-state index < -0.39 is 0 Å². The molecular weight excluding hydrogens is 264 g/mol. The van der Waals surface area contributed by atoms with E-state index in [4.69, 9.17) is 9.15 Å². The lowest BCUT2D eigenvalue weighted by Crippen LogP contribution is -2.25. The Morgan fingerprint density at radius 3 is 3.10 bits per heavy atom. The normalized spacial score (nSPS) is 15.3. The number of nitrogens with zero attached hydrogens (tertiary/aromatic N) is 1. The molecule has 0 radical (unpaired) electrons. The molecule has 1 aliphatic rings. The highest BCUT2D eigenvalue weighted by molar-refractivity contribution is 5.33. The summed E-state index contributed by atoms with van der Waals surface area (Å²) < 4.78 is 11.5. The average molecular weight is 286 g/mol. The maximum atomic E-state index is 5.79. The molecule has 0 spiro atoms. The molecule has 0 saturated heterocycles. The second kappa shape index (κ2) is 6.78. The van der Waals surface area contributed by atoms with E-state index >= 15 is 0 Å². The first kappa shape index (κ1) is 14.2. The van der Waals surface area contributed by atoms with Gasteiger partial charge in [0, 0.05) is 30.8 Å². The summed E-state index contributed by atoms with van der Waals surface area (Å²) in [5.41, 5.74) is 2.45. The van der Waals surface area contributed by atoms with Crippen molar-refractivity contribution in [2.75, 3.05) is 19.7 Å². The minimum atomic E-state index is 0.724. The van der Waals surface area contributed by atoms with Crippen LogP contribution >= 0.6 is 0 Å². The van der Waals surface area contributed by atoms with Gasteiger partial charge in [0.1, 0.15) is 18.1 Å². The molecule has 0 fully saturated rings. The maximum Gasteiger partial charge on any atom is 0.123 e. The Hall–Kier alpha value is -1.78. The van der Waals surface area contributed by atoms with E-state index in [-0.39, 0.29) is 0 Å². The molecule has 0 saturated carbocycles. The lowest BCUT2D eigenvalue weighted by molar-refractivity contribution is 0.206. The summed E-state index contributed by atoms with van der Waals surface area (Å²) in [4.78, 5) is 2.36. The number of rotatable bonds is 5. The van der Waals surface area contributed by atoms with Crippen LogP contribution in [0.4, 0.5) is 0 Å². The van der Waals surface area contributed by atoms with E-state index in [0.29, 0.717) is 0 Å². The van der Waals surface area contributed by atoms with Crippen LogP contribution in [0.2, 0.25) is 0 Å². The first-order valence-corrected chi connectivity index (χ1v) is 7.55. The molecule has 1 aliphatic heterocycles. The smallest absolute Gasteiger partial charge is 0.123 e. The van der Waals surface area contributed by atoms with Gasteiger partial charge in [-0.1, -0.05) is 25.1 Å². The van der Waals surface area contributed by atoms with Gasteiger partial charge in [0.2, 0.25) is 0 Å². The van der Waals surface area contributed by atoms with E-state index in [1.54, 1.807) is 0 Å². The Bertz CT molecular complexity index is 580. The lowest BCUT2D eigenvalue weighted by atomic mass is 10.2. The van der Waals surface area contributed by atoms with Crippen LogP contribution in [0.15, 0.2) is 41.0 Å². The topological polar surface area (TPSA) is 37.6 Å². The zero-order valence-corrected chi connectivity index (χ0v) is 12.5. The minimum absolute atomic E-state index is 0.724. The number of para-hydroxylation sites is 1.